The number of halogens is 5. The largest absolute Gasteiger partial charge is 0.416 e. The van der Waals surface area contributed by atoms with Gasteiger partial charge in [-0.2, -0.15) is 13.2 Å². The van der Waals surface area contributed by atoms with Gasteiger partial charge in [0.15, 0.2) is 0 Å². The third kappa shape index (κ3) is 5.06. The molecule has 6 rings (SSSR count). The van der Waals surface area contributed by atoms with Crippen molar-refractivity contribution < 1.29 is 13.2 Å². The van der Waals surface area contributed by atoms with Crippen LogP contribution >= 0.6 is 23.2 Å². The lowest BCUT2D eigenvalue weighted by Crippen LogP contribution is -2.23. The molecule has 0 saturated carbocycles. The summed E-state index contributed by atoms with van der Waals surface area (Å²) in [6, 6.07) is 32.2. The maximum Gasteiger partial charge on any atom is 0.416 e. The van der Waals surface area contributed by atoms with Crippen molar-refractivity contribution in [2.24, 2.45) is 0 Å². The van der Waals surface area contributed by atoms with Crippen LogP contribution in [0.2, 0.25) is 10.0 Å². The molecule has 5 heteroatoms. The molecule has 2 unspecified atom stereocenters. The van der Waals surface area contributed by atoms with Crippen LogP contribution in [-0.4, -0.2) is 0 Å². The van der Waals surface area contributed by atoms with Crippen molar-refractivity contribution in [3.05, 3.63) is 152 Å². The molecule has 1 aliphatic carbocycles. The molecule has 5 aromatic rings. The number of alkyl halides is 3. The molecule has 0 bridgehead atoms. The first-order valence-electron chi connectivity index (χ1n) is 13.0. The van der Waals surface area contributed by atoms with E-state index in [1.807, 2.05) is 48.5 Å². The Morgan fingerprint density at radius 2 is 1.36 bits per heavy atom. The van der Waals surface area contributed by atoms with Crippen molar-refractivity contribution in [1.82, 2.24) is 0 Å². The van der Waals surface area contributed by atoms with E-state index in [9.17, 15) is 13.2 Å². The zero-order chi connectivity index (χ0) is 27.1. The Morgan fingerprint density at radius 1 is 0.692 bits per heavy atom. The predicted octanol–water partition coefficient (Wildman–Crippen LogP) is 10.4. The summed E-state index contributed by atoms with van der Waals surface area (Å²) in [5.41, 5.74) is 5.30. The fourth-order valence-electron chi connectivity index (χ4n) is 6.04. The quantitative estimate of drug-likeness (QED) is 0.205. The van der Waals surface area contributed by atoms with E-state index >= 15 is 0 Å². The third-order valence-electron chi connectivity index (χ3n) is 7.99. The first-order chi connectivity index (χ1) is 18.8. The van der Waals surface area contributed by atoms with Gasteiger partial charge >= 0.3 is 6.18 Å². The van der Waals surface area contributed by atoms with E-state index in [0.29, 0.717) is 34.9 Å². The van der Waals surface area contributed by atoms with Gasteiger partial charge in [0.1, 0.15) is 0 Å². The minimum absolute atomic E-state index is 0.0978. The molecule has 0 aliphatic heterocycles. The number of rotatable bonds is 4. The first kappa shape index (κ1) is 26.0. The summed E-state index contributed by atoms with van der Waals surface area (Å²) in [7, 11) is 0. The maximum atomic E-state index is 13.6. The lowest BCUT2D eigenvalue weighted by molar-refractivity contribution is -0.137. The van der Waals surface area contributed by atoms with Gasteiger partial charge in [-0.1, -0.05) is 114 Å². The van der Waals surface area contributed by atoms with Gasteiger partial charge in [0.05, 0.1) is 5.56 Å². The SMILES string of the molecule is FC(F)(F)c1cccc(C2Cc3ccccc3CC2c2ccc(Cl)c(Cc3cccc4ccccc34)c2Cl)c1. The highest BCUT2D eigenvalue weighted by atomic mass is 35.5. The summed E-state index contributed by atoms with van der Waals surface area (Å²) in [6.45, 7) is 0. The second kappa shape index (κ2) is 10.4. The number of hydrogen-bond acceptors (Lipinski definition) is 0. The fourth-order valence-corrected chi connectivity index (χ4v) is 6.68. The number of benzene rings is 5. The zero-order valence-electron chi connectivity index (χ0n) is 21.0. The van der Waals surface area contributed by atoms with Gasteiger partial charge in [0, 0.05) is 16.5 Å². The van der Waals surface area contributed by atoms with Crippen molar-refractivity contribution >= 4 is 34.0 Å². The molecule has 1 aliphatic rings. The minimum Gasteiger partial charge on any atom is -0.166 e. The molecular weight excluding hydrogens is 536 g/mol. The highest BCUT2D eigenvalue weighted by Gasteiger charge is 2.35. The Morgan fingerprint density at radius 3 is 2.13 bits per heavy atom. The molecule has 0 radical (unpaired) electrons. The van der Waals surface area contributed by atoms with Gasteiger partial charge in [-0.25, -0.2) is 0 Å². The van der Waals surface area contributed by atoms with Crippen molar-refractivity contribution in [2.75, 3.05) is 0 Å². The van der Waals surface area contributed by atoms with E-state index in [0.717, 1.165) is 39.1 Å². The summed E-state index contributed by atoms with van der Waals surface area (Å²) in [5, 5.41) is 3.47. The standard InChI is InChI=1S/C34H25Cl2F3/c35-32-16-15-28(33(36)31(32)20-25-11-5-10-21-7-3-4-14-27(21)25)30-19-23-9-2-1-8-22(23)18-29(30)24-12-6-13-26(17-24)34(37,38)39/h1-17,29-30H,18-20H2. The lowest BCUT2D eigenvalue weighted by atomic mass is 9.69. The van der Waals surface area contributed by atoms with Gasteiger partial charge in [-0.05, 0) is 81.0 Å². The molecule has 0 N–H and O–H groups in total. The minimum atomic E-state index is -4.40. The Labute approximate surface area is 236 Å². The van der Waals surface area contributed by atoms with E-state index in [2.05, 4.69) is 36.4 Å². The molecule has 0 spiro atoms. The topological polar surface area (TPSA) is 0 Å². The van der Waals surface area contributed by atoms with Gasteiger partial charge in [0.25, 0.3) is 0 Å². The molecule has 0 fully saturated rings. The summed E-state index contributed by atoms with van der Waals surface area (Å²) < 4.78 is 40.9. The van der Waals surface area contributed by atoms with Crippen molar-refractivity contribution in [3.63, 3.8) is 0 Å². The van der Waals surface area contributed by atoms with Crippen LogP contribution < -0.4 is 0 Å². The smallest absolute Gasteiger partial charge is 0.166 e. The van der Waals surface area contributed by atoms with Gasteiger partial charge in [-0.15, -0.1) is 0 Å². The molecule has 2 atom stereocenters. The van der Waals surface area contributed by atoms with E-state index in [1.54, 1.807) is 0 Å². The van der Waals surface area contributed by atoms with Gasteiger partial charge in [-0.3, -0.25) is 0 Å². The molecule has 0 saturated heterocycles. The van der Waals surface area contributed by atoms with Crippen LogP contribution in [0.15, 0.2) is 103 Å². The molecule has 196 valence electrons. The fraction of sp³-hybridized carbons (Fsp3) is 0.176. The summed E-state index contributed by atoms with van der Waals surface area (Å²) in [5.74, 6) is -0.259. The molecule has 0 aromatic heterocycles. The van der Waals surface area contributed by atoms with Crippen molar-refractivity contribution in [3.8, 4) is 0 Å². The van der Waals surface area contributed by atoms with Crippen LogP contribution in [0.4, 0.5) is 13.2 Å². The molecule has 0 heterocycles. The monoisotopic (exact) mass is 560 g/mol. The van der Waals surface area contributed by atoms with Crippen molar-refractivity contribution in [1.29, 1.82) is 0 Å². The van der Waals surface area contributed by atoms with Crippen molar-refractivity contribution in [2.45, 2.75) is 37.3 Å². The third-order valence-corrected chi connectivity index (χ3v) is 8.79. The van der Waals surface area contributed by atoms with Crippen LogP contribution in [0.3, 0.4) is 0 Å². The average Bonchev–Trinajstić information content (AvgIpc) is 2.94. The van der Waals surface area contributed by atoms with E-state index < -0.39 is 11.7 Å². The first-order valence-corrected chi connectivity index (χ1v) is 13.7. The Bertz CT molecular complexity index is 1670. The zero-order valence-corrected chi connectivity index (χ0v) is 22.5. The lowest BCUT2D eigenvalue weighted by Gasteiger charge is -2.35. The average molecular weight is 561 g/mol. The normalized spacial score (nSPS) is 17.3. The predicted molar refractivity (Wildman–Crippen MR) is 154 cm³/mol. The highest BCUT2D eigenvalue weighted by molar-refractivity contribution is 6.36. The number of fused-ring (bicyclic) bond motifs is 2. The Hall–Kier alpha value is -3.27. The molecule has 0 nitrogen and oxygen atoms in total. The highest BCUT2D eigenvalue weighted by Crippen LogP contribution is 2.47. The second-order valence-electron chi connectivity index (χ2n) is 10.3. The van der Waals surface area contributed by atoms with Crippen LogP contribution in [0.25, 0.3) is 10.8 Å². The van der Waals surface area contributed by atoms with E-state index in [1.165, 1.54) is 17.7 Å². The molecule has 5 aromatic carbocycles. The van der Waals surface area contributed by atoms with Crippen LogP contribution in [0, 0.1) is 0 Å². The Balaban J connectivity index is 1.45. The maximum absolute atomic E-state index is 13.6. The summed E-state index contributed by atoms with van der Waals surface area (Å²) in [4.78, 5) is 0. The molecule has 39 heavy (non-hydrogen) atoms. The molecular formula is C34H25Cl2F3. The summed E-state index contributed by atoms with van der Waals surface area (Å²) >= 11 is 13.9. The van der Waals surface area contributed by atoms with Crippen LogP contribution in [0.1, 0.15) is 50.8 Å². The van der Waals surface area contributed by atoms with E-state index in [4.69, 9.17) is 23.2 Å². The van der Waals surface area contributed by atoms with Crippen LogP contribution in [-0.2, 0) is 25.4 Å². The van der Waals surface area contributed by atoms with Gasteiger partial charge < -0.3 is 0 Å². The Kier molecular flexibility index (Phi) is 6.91. The van der Waals surface area contributed by atoms with Gasteiger partial charge in [0.2, 0.25) is 0 Å². The molecule has 0 amide bonds. The summed E-state index contributed by atoms with van der Waals surface area (Å²) in [6.07, 6.45) is -2.52. The second-order valence-corrected chi connectivity index (χ2v) is 11.0. The van der Waals surface area contributed by atoms with Crippen LogP contribution in [0.5, 0.6) is 0 Å². The van der Waals surface area contributed by atoms with E-state index in [-0.39, 0.29) is 11.8 Å². The number of hydrogen-bond donors (Lipinski definition) is 0.